The summed E-state index contributed by atoms with van der Waals surface area (Å²) in [5.41, 5.74) is 4.76. The number of urea groups is 1. The van der Waals surface area contributed by atoms with Crippen LogP contribution in [0.2, 0.25) is 0 Å². The predicted molar refractivity (Wildman–Crippen MR) is 117 cm³/mol. The number of hydrogen-bond donors (Lipinski definition) is 2. The van der Waals surface area contributed by atoms with E-state index >= 15 is 0 Å². The van der Waals surface area contributed by atoms with E-state index in [-0.39, 0.29) is 17.6 Å². The van der Waals surface area contributed by atoms with Gasteiger partial charge in [-0.05, 0) is 56.5 Å². The van der Waals surface area contributed by atoms with Crippen molar-refractivity contribution in [1.82, 2.24) is 10.6 Å². The van der Waals surface area contributed by atoms with Gasteiger partial charge in [-0.2, -0.15) is 0 Å². The molecule has 1 atom stereocenters. The lowest BCUT2D eigenvalue weighted by Crippen LogP contribution is -2.48. The molecule has 1 aliphatic rings. The molecule has 0 unspecified atom stereocenters. The Kier molecular flexibility index (Phi) is 5.82. The molecule has 0 radical (unpaired) electrons. The third kappa shape index (κ3) is 4.77. The van der Waals surface area contributed by atoms with Gasteiger partial charge in [0.2, 0.25) is 0 Å². The summed E-state index contributed by atoms with van der Waals surface area (Å²) < 4.78 is 0. The zero-order valence-corrected chi connectivity index (χ0v) is 17.6. The molecule has 28 heavy (non-hydrogen) atoms. The molecule has 0 saturated carbocycles. The maximum Gasteiger partial charge on any atom is 0.315 e. The van der Waals surface area contributed by atoms with Gasteiger partial charge in [-0.1, -0.05) is 30.3 Å². The Balaban J connectivity index is 1.83. The van der Waals surface area contributed by atoms with E-state index in [1.54, 1.807) is 0 Å². The van der Waals surface area contributed by atoms with Gasteiger partial charge in [0.1, 0.15) is 0 Å². The standard InChI is InChI=1S/C23H32N4O/c1-23(2,3)25-22(28)24-16-21(18-10-12-19(13-11-18)26(4)5)27-15-14-17-8-6-7-9-20(17)27/h6-13,21H,14-16H2,1-5H3,(H2,24,25,28)/t21-/m0/s1. The first-order valence-corrected chi connectivity index (χ1v) is 9.92. The fourth-order valence-electron chi connectivity index (χ4n) is 3.66. The maximum absolute atomic E-state index is 12.4. The van der Waals surface area contributed by atoms with Gasteiger partial charge in [-0.15, -0.1) is 0 Å². The van der Waals surface area contributed by atoms with Crippen LogP contribution in [-0.4, -0.2) is 38.8 Å². The van der Waals surface area contributed by atoms with Gasteiger partial charge >= 0.3 is 6.03 Å². The number of nitrogens with zero attached hydrogens (tertiary/aromatic N) is 2. The fraction of sp³-hybridized carbons (Fsp3) is 0.435. The Labute approximate surface area is 168 Å². The number of fused-ring (bicyclic) bond motifs is 1. The number of benzene rings is 2. The SMILES string of the molecule is CN(C)c1ccc([C@H](CNC(=O)NC(C)(C)C)N2CCc3ccccc32)cc1. The molecule has 3 rings (SSSR count). The molecule has 0 aromatic heterocycles. The second-order valence-corrected chi connectivity index (χ2v) is 8.66. The highest BCUT2D eigenvalue weighted by atomic mass is 16.2. The van der Waals surface area contributed by atoms with Gasteiger partial charge < -0.3 is 20.4 Å². The largest absolute Gasteiger partial charge is 0.378 e. The summed E-state index contributed by atoms with van der Waals surface area (Å²) >= 11 is 0. The summed E-state index contributed by atoms with van der Waals surface area (Å²) in [4.78, 5) is 16.9. The lowest BCUT2D eigenvalue weighted by Gasteiger charge is -2.32. The van der Waals surface area contributed by atoms with Crippen LogP contribution in [0.4, 0.5) is 16.2 Å². The lowest BCUT2D eigenvalue weighted by molar-refractivity contribution is 0.231. The van der Waals surface area contributed by atoms with Crippen LogP contribution in [0.1, 0.15) is 37.9 Å². The Bertz CT molecular complexity index is 808. The molecular weight excluding hydrogens is 348 g/mol. The van der Waals surface area contributed by atoms with Crippen molar-refractivity contribution >= 4 is 17.4 Å². The van der Waals surface area contributed by atoms with Crippen molar-refractivity contribution in [2.75, 3.05) is 37.0 Å². The predicted octanol–water partition coefficient (Wildman–Crippen LogP) is 3.95. The quantitative estimate of drug-likeness (QED) is 0.826. The van der Waals surface area contributed by atoms with Crippen molar-refractivity contribution in [2.24, 2.45) is 0 Å². The van der Waals surface area contributed by atoms with Crippen molar-refractivity contribution in [3.8, 4) is 0 Å². The number of para-hydroxylation sites is 1. The topological polar surface area (TPSA) is 47.6 Å². The lowest BCUT2D eigenvalue weighted by atomic mass is 10.0. The molecule has 150 valence electrons. The molecule has 2 amide bonds. The van der Waals surface area contributed by atoms with E-state index in [9.17, 15) is 4.79 Å². The van der Waals surface area contributed by atoms with E-state index in [4.69, 9.17) is 0 Å². The number of hydrogen-bond acceptors (Lipinski definition) is 3. The minimum absolute atomic E-state index is 0.0885. The first-order valence-electron chi connectivity index (χ1n) is 9.92. The molecule has 1 aliphatic heterocycles. The molecule has 2 aromatic rings. The molecule has 5 nitrogen and oxygen atoms in total. The summed E-state index contributed by atoms with van der Waals surface area (Å²) in [7, 11) is 4.09. The van der Waals surface area contributed by atoms with Crippen molar-refractivity contribution in [3.05, 3.63) is 59.7 Å². The van der Waals surface area contributed by atoms with Gasteiger partial charge in [0.05, 0.1) is 6.04 Å². The van der Waals surface area contributed by atoms with Gasteiger partial charge in [0.25, 0.3) is 0 Å². The smallest absolute Gasteiger partial charge is 0.315 e. The summed E-state index contributed by atoms with van der Waals surface area (Å²) in [6, 6.07) is 17.1. The molecular formula is C23H32N4O. The summed E-state index contributed by atoms with van der Waals surface area (Å²) in [6.07, 6.45) is 1.04. The van der Waals surface area contributed by atoms with Gasteiger partial charge in [-0.3, -0.25) is 0 Å². The van der Waals surface area contributed by atoms with Crippen molar-refractivity contribution in [3.63, 3.8) is 0 Å². The van der Waals surface area contributed by atoms with Crippen LogP contribution in [0.5, 0.6) is 0 Å². The van der Waals surface area contributed by atoms with E-state index in [1.165, 1.54) is 22.5 Å². The highest BCUT2D eigenvalue weighted by Gasteiger charge is 2.27. The summed E-state index contributed by atoms with van der Waals surface area (Å²) in [5.74, 6) is 0. The van der Waals surface area contributed by atoms with Gasteiger partial charge in [0.15, 0.2) is 0 Å². The molecule has 0 spiro atoms. The highest BCUT2D eigenvalue weighted by Crippen LogP contribution is 2.35. The van der Waals surface area contributed by atoms with Crippen molar-refractivity contribution < 1.29 is 4.79 Å². The highest BCUT2D eigenvalue weighted by molar-refractivity contribution is 5.75. The Morgan fingerprint density at radius 3 is 2.43 bits per heavy atom. The molecule has 2 N–H and O–H groups in total. The van der Waals surface area contributed by atoms with E-state index in [1.807, 2.05) is 34.9 Å². The molecule has 0 fully saturated rings. The number of nitrogens with one attached hydrogen (secondary N) is 2. The monoisotopic (exact) mass is 380 g/mol. The third-order valence-corrected chi connectivity index (χ3v) is 5.04. The van der Waals surface area contributed by atoms with Crippen molar-refractivity contribution in [2.45, 2.75) is 38.8 Å². The summed E-state index contributed by atoms with van der Waals surface area (Å²) in [6.45, 7) is 7.47. The molecule has 0 bridgehead atoms. The number of carbonyl (C=O) groups excluding carboxylic acids is 1. The van der Waals surface area contributed by atoms with E-state index in [0.29, 0.717) is 6.54 Å². The number of amides is 2. The molecule has 5 heteroatoms. The second kappa shape index (κ2) is 8.13. The minimum Gasteiger partial charge on any atom is -0.378 e. The van der Waals surface area contributed by atoms with E-state index in [2.05, 4.69) is 69.0 Å². The zero-order valence-electron chi connectivity index (χ0n) is 17.6. The maximum atomic E-state index is 12.4. The second-order valence-electron chi connectivity index (χ2n) is 8.66. The average Bonchev–Trinajstić information content (AvgIpc) is 3.05. The van der Waals surface area contributed by atoms with E-state index < -0.39 is 0 Å². The molecule has 0 aliphatic carbocycles. The average molecular weight is 381 g/mol. The first kappa shape index (κ1) is 20.1. The Morgan fingerprint density at radius 1 is 1.11 bits per heavy atom. The van der Waals surface area contributed by atoms with Crippen molar-refractivity contribution in [1.29, 1.82) is 0 Å². The molecule has 2 aromatic carbocycles. The Morgan fingerprint density at radius 2 is 1.79 bits per heavy atom. The normalized spacial score (nSPS) is 14.4. The number of anilines is 2. The minimum atomic E-state index is -0.257. The van der Waals surface area contributed by atoms with Crippen LogP contribution < -0.4 is 20.4 Å². The number of carbonyl (C=O) groups is 1. The summed E-state index contributed by atoms with van der Waals surface area (Å²) in [5, 5.41) is 6.07. The van der Waals surface area contributed by atoms with E-state index in [0.717, 1.165) is 13.0 Å². The van der Waals surface area contributed by atoms with Crippen LogP contribution >= 0.6 is 0 Å². The van der Waals surface area contributed by atoms with Crippen LogP contribution in [0.25, 0.3) is 0 Å². The first-order chi connectivity index (χ1) is 13.2. The Hall–Kier alpha value is -2.69. The van der Waals surface area contributed by atoms with Gasteiger partial charge in [0, 0.05) is 44.1 Å². The zero-order chi connectivity index (χ0) is 20.3. The number of rotatable bonds is 5. The molecule has 1 heterocycles. The van der Waals surface area contributed by atoms with Crippen LogP contribution in [-0.2, 0) is 6.42 Å². The van der Waals surface area contributed by atoms with Gasteiger partial charge in [-0.25, -0.2) is 4.79 Å². The van der Waals surface area contributed by atoms with Crippen LogP contribution in [0.3, 0.4) is 0 Å². The fourth-order valence-corrected chi connectivity index (χ4v) is 3.66. The third-order valence-electron chi connectivity index (χ3n) is 5.04. The van der Waals surface area contributed by atoms with Crippen LogP contribution in [0, 0.1) is 0 Å². The molecule has 0 saturated heterocycles. The van der Waals surface area contributed by atoms with Crippen LogP contribution in [0.15, 0.2) is 48.5 Å².